The van der Waals surface area contributed by atoms with Gasteiger partial charge in [0.2, 0.25) is 11.7 Å². The Hall–Kier alpha value is -2.90. The summed E-state index contributed by atoms with van der Waals surface area (Å²) in [4.78, 5) is 50.1. The number of benzene rings is 2. The van der Waals surface area contributed by atoms with Gasteiger partial charge in [-0.3, -0.25) is 29.6 Å². The Morgan fingerprint density at radius 1 is 1.09 bits per heavy atom. The van der Waals surface area contributed by atoms with Crippen molar-refractivity contribution >= 4 is 46.8 Å². The Balaban J connectivity index is 1.61. The number of aryl methyl sites for hydroxylation is 1. The Kier molecular flexibility index (Phi) is 7.88. The first-order valence-electron chi connectivity index (χ1n) is 10.0. The lowest BCUT2D eigenvalue weighted by Gasteiger charge is -2.19. The number of hydrazine groups is 1. The first-order chi connectivity index (χ1) is 15.3. The summed E-state index contributed by atoms with van der Waals surface area (Å²) in [5, 5.41) is 1.58. The van der Waals surface area contributed by atoms with Crippen LogP contribution in [0.5, 0.6) is 0 Å². The highest BCUT2D eigenvalue weighted by Crippen LogP contribution is 2.21. The van der Waals surface area contributed by atoms with Gasteiger partial charge in [-0.05, 0) is 43.3 Å². The van der Waals surface area contributed by atoms with Gasteiger partial charge in [0, 0.05) is 34.9 Å². The van der Waals surface area contributed by atoms with Gasteiger partial charge in [-0.15, -0.1) is 11.6 Å². The molecule has 2 unspecified atom stereocenters. The largest absolute Gasteiger partial charge is 0.454 e. The Labute approximate surface area is 195 Å². The van der Waals surface area contributed by atoms with Gasteiger partial charge in [0.15, 0.2) is 6.10 Å². The first-order valence-corrected chi connectivity index (χ1v) is 10.9. The van der Waals surface area contributed by atoms with Gasteiger partial charge >= 0.3 is 5.97 Å². The minimum absolute atomic E-state index is 0.0437. The molecule has 0 aromatic heterocycles. The summed E-state index contributed by atoms with van der Waals surface area (Å²) in [7, 11) is 0. The fourth-order valence-electron chi connectivity index (χ4n) is 3.24. The molecule has 0 saturated carbocycles. The van der Waals surface area contributed by atoms with Crippen LogP contribution >= 0.6 is 23.2 Å². The quantitative estimate of drug-likeness (QED) is 0.357. The number of hydrogen-bond donors (Lipinski definition) is 1. The summed E-state index contributed by atoms with van der Waals surface area (Å²) in [5.41, 5.74) is 4.25. The van der Waals surface area contributed by atoms with Gasteiger partial charge in [0.1, 0.15) is 0 Å². The number of nitrogens with zero attached hydrogens (tertiary/aromatic N) is 1. The van der Waals surface area contributed by atoms with E-state index in [2.05, 4.69) is 5.43 Å². The number of rotatable bonds is 8. The summed E-state index contributed by atoms with van der Waals surface area (Å²) in [6, 6.07) is 13.1. The summed E-state index contributed by atoms with van der Waals surface area (Å²) in [6.45, 7) is 1.86. The van der Waals surface area contributed by atoms with Crippen LogP contribution in [0.3, 0.4) is 0 Å². The maximum atomic E-state index is 12.7. The van der Waals surface area contributed by atoms with Crippen molar-refractivity contribution in [1.29, 1.82) is 0 Å². The molecule has 3 rings (SSSR count). The van der Waals surface area contributed by atoms with Crippen LogP contribution in [0.15, 0.2) is 48.5 Å². The number of esters is 1. The van der Waals surface area contributed by atoms with Gasteiger partial charge < -0.3 is 4.74 Å². The van der Waals surface area contributed by atoms with E-state index in [0.29, 0.717) is 16.1 Å². The molecule has 7 nitrogen and oxygen atoms in total. The molecule has 2 aromatic rings. The molecule has 1 aliphatic rings. The Bertz CT molecular complexity index is 1010. The number of alkyl halides is 1. The maximum absolute atomic E-state index is 12.7. The summed E-state index contributed by atoms with van der Waals surface area (Å²) in [6.07, 6.45) is -1.08. The molecule has 0 radical (unpaired) electrons. The lowest BCUT2D eigenvalue weighted by atomic mass is 10.0. The standard InChI is InChI=1S/C23H22Cl2N2O5/c1-14-2-4-16(5-3-14)22(30)26-27-13-17(12-20(27)28)23(31)32-19(10-11-24)21(29)15-6-8-18(25)9-7-15/h2-9,17,19H,10-13H2,1H3,(H,26,30). The second kappa shape index (κ2) is 10.6. The second-order valence-corrected chi connectivity index (χ2v) is 8.30. The fraction of sp³-hybridized carbons (Fsp3) is 0.304. The average Bonchev–Trinajstić information content (AvgIpc) is 3.14. The summed E-state index contributed by atoms with van der Waals surface area (Å²) >= 11 is 11.6. The van der Waals surface area contributed by atoms with Crippen molar-refractivity contribution in [1.82, 2.24) is 10.4 Å². The molecule has 0 bridgehead atoms. The predicted octanol–water partition coefficient (Wildman–Crippen LogP) is 3.57. The predicted molar refractivity (Wildman–Crippen MR) is 119 cm³/mol. The number of halogens is 2. The molecule has 2 amide bonds. The van der Waals surface area contributed by atoms with Crippen LogP contribution in [-0.4, -0.2) is 47.1 Å². The van der Waals surface area contributed by atoms with Crippen LogP contribution in [0.25, 0.3) is 0 Å². The first kappa shape index (κ1) is 23.8. The molecule has 0 spiro atoms. The monoisotopic (exact) mass is 476 g/mol. The molecule has 0 aliphatic carbocycles. The van der Waals surface area contributed by atoms with Crippen molar-refractivity contribution in [3.8, 4) is 0 Å². The second-order valence-electron chi connectivity index (χ2n) is 7.49. The molecule has 1 aliphatic heterocycles. The van der Waals surface area contributed by atoms with Crippen molar-refractivity contribution in [3.63, 3.8) is 0 Å². The molecule has 9 heteroatoms. The SMILES string of the molecule is Cc1ccc(C(=O)NN2CC(C(=O)OC(CCCl)C(=O)c3ccc(Cl)cc3)CC2=O)cc1. The minimum atomic E-state index is -1.08. The molecule has 1 N–H and O–H groups in total. The molecule has 168 valence electrons. The summed E-state index contributed by atoms with van der Waals surface area (Å²) < 4.78 is 5.42. The van der Waals surface area contributed by atoms with E-state index in [9.17, 15) is 19.2 Å². The molecule has 32 heavy (non-hydrogen) atoms. The minimum Gasteiger partial charge on any atom is -0.454 e. The smallest absolute Gasteiger partial charge is 0.312 e. The number of Topliss-reactive ketones (excluding diaryl/α,β-unsaturated/α-hetero) is 1. The number of carbonyl (C=O) groups is 4. The van der Waals surface area contributed by atoms with Crippen molar-refractivity contribution < 1.29 is 23.9 Å². The van der Waals surface area contributed by atoms with Crippen LogP contribution < -0.4 is 5.43 Å². The molecule has 1 heterocycles. The average molecular weight is 477 g/mol. The van der Waals surface area contributed by atoms with E-state index in [-0.39, 0.29) is 25.3 Å². The van der Waals surface area contributed by atoms with E-state index in [1.807, 2.05) is 6.92 Å². The van der Waals surface area contributed by atoms with Gasteiger partial charge in [-0.1, -0.05) is 29.3 Å². The zero-order chi connectivity index (χ0) is 23.3. The number of ketones is 1. The number of ether oxygens (including phenoxy) is 1. The van der Waals surface area contributed by atoms with E-state index in [1.54, 1.807) is 48.5 Å². The highest BCUT2D eigenvalue weighted by molar-refractivity contribution is 6.30. The van der Waals surface area contributed by atoms with Crippen molar-refractivity contribution in [2.45, 2.75) is 25.9 Å². The Morgan fingerprint density at radius 2 is 1.72 bits per heavy atom. The van der Waals surface area contributed by atoms with E-state index < -0.39 is 35.6 Å². The highest BCUT2D eigenvalue weighted by atomic mass is 35.5. The number of nitrogens with one attached hydrogen (secondary N) is 1. The van der Waals surface area contributed by atoms with E-state index in [4.69, 9.17) is 27.9 Å². The topological polar surface area (TPSA) is 92.8 Å². The van der Waals surface area contributed by atoms with E-state index in [1.165, 1.54) is 0 Å². The summed E-state index contributed by atoms with van der Waals surface area (Å²) in [5.74, 6) is -2.65. The van der Waals surface area contributed by atoms with Crippen LogP contribution in [0.1, 0.15) is 39.1 Å². The molecule has 2 atom stereocenters. The lowest BCUT2D eigenvalue weighted by Crippen LogP contribution is -2.43. The van der Waals surface area contributed by atoms with Gasteiger partial charge in [-0.25, -0.2) is 0 Å². The molecule has 1 saturated heterocycles. The molecule has 2 aromatic carbocycles. The fourth-order valence-corrected chi connectivity index (χ4v) is 3.57. The zero-order valence-electron chi connectivity index (χ0n) is 17.3. The van der Waals surface area contributed by atoms with E-state index in [0.717, 1.165) is 10.6 Å². The third-order valence-electron chi connectivity index (χ3n) is 5.06. The van der Waals surface area contributed by atoms with Gasteiger partial charge in [0.05, 0.1) is 12.5 Å². The van der Waals surface area contributed by atoms with Gasteiger partial charge in [0.25, 0.3) is 5.91 Å². The van der Waals surface area contributed by atoms with Gasteiger partial charge in [-0.2, -0.15) is 0 Å². The van der Waals surface area contributed by atoms with Crippen molar-refractivity contribution in [3.05, 3.63) is 70.2 Å². The van der Waals surface area contributed by atoms with Crippen LogP contribution in [0, 0.1) is 12.8 Å². The third kappa shape index (κ3) is 5.87. The molecular formula is C23H22Cl2N2O5. The number of amides is 2. The number of hydrogen-bond acceptors (Lipinski definition) is 5. The third-order valence-corrected chi connectivity index (χ3v) is 5.53. The zero-order valence-corrected chi connectivity index (χ0v) is 18.9. The lowest BCUT2D eigenvalue weighted by molar-refractivity contribution is -0.151. The number of carbonyl (C=O) groups excluding carboxylic acids is 4. The molecule has 1 fully saturated rings. The van der Waals surface area contributed by atoms with Crippen LogP contribution in [0.4, 0.5) is 0 Å². The highest BCUT2D eigenvalue weighted by Gasteiger charge is 2.38. The van der Waals surface area contributed by atoms with Crippen LogP contribution in [-0.2, 0) is 14.3 Å². The maximum Gasteiger partial charge on any atom is 0.312 e. The van der Waals surface area contributed by atoms with E-state index >= 15 is 0 Å². The normalized spacial score (nSPS) is 16.5. The van der Waals surface area contributed by atoms with Crippen molar-refractivity contribution in [2.75, 3.05) is 12.4 Å². The Morgan fingerprint density at radius 3 is 2.34 bits per heavy atom. The van der Waals surface area contributed by atoms with Crippen LogP contribution in [0.2, 0.25) is 5.02 Å². The van der Waals surface area contributed by atoms with Crippen molar-refractivity contribution in [2.24, 2.45) is 5.92 Å². The molecular weight excluding hydrogens is 455 g/mol.